The van der Waals surface area contributed by atoms with Crippen molar-refractivity contribution in [3.8, 4) is 0 Å². The maximum absolute atomic E-state index is 12.3. The summed E-state index contributed by atoms with van der Waals surface area (Å²) < 4.78 is 8.26. The Bertz CT molecular complexity index is 783. The molecule has 0 spiro atoms. The number of hydrogen-bond acceptors (Lipinski definition) is 5. The molecule has 0 radical (unpaired) electrons. The topological polar surface area (TPSA) is 85.8 Å². The van der Waals surface area contributed by atoms with Crippen LogP contribution in [0.25, 0.3) is 5.52 Å². The summed E-state index contributed by atoms with van der Waals surface area (Å²) in [4.78, 5) is 18.2. The lowest BCUT2D eigenvalue weighted by Crippen LogP contribution is -2.37. The molecule has 7 nitrogen and oxygen atoms in total. The van der Waals surface area contributed by atoms with E-state index in [1.807, 2.05) is 25.3 Å². The lowest BCUT2D eigenvalue weighted by Gasteiger charge is -2.26. The molecule has 1 unspecified atom stereocenters. The fourth-order valence-corrected chi connectivity index (χ4v) is 3.84. The number of hydrogen-bond donors (Lipinski definition) is 1. The SMILES string of the molecule is CC(C)(C)OC(=O)N1CCCC(c2cc(Br)c3c(N)ncnn23)CC1. The molecule has 25 heavy (non-hydrogen) atoms. The lowest BCUT2D eigenvalue weighted by atomic mass is 9.97. The van der Waals surface area contributed by atoms with Gasteiger partial charge in [-0.05, 0) is 62.0 Å². The van der Waals surface area contributed by atoms with Crippen LogP contribution in [0.4, 0.5) is 10.6 Å². The molecular weight excluding hydrogens is 386 g/mol. The second-order valence-corrected chi connectivity index (χ2v) is 8.27. The Hall–Kier alpha value is -1.83. The van der Waals surface area contributed by atoms with Gasteiger partial charge in [-0.3, -0.25) is 0 Å². The van der Waals surface area contributed by atoms with Gasteiger partial charge in [0.1, 0.15) is 17.4 Å². The molecule has 136 valence electrons. The van der Waals surface area contributed by atoms with Gasteiger partial charge in [-0.25, -0.2) is 14.3 Å². The Morgan fingerprint density at radius 1 is 1.36 bits per heavy atom. The van der Waals surface area contributed by atoms with Crippen molar-refractivity contribution in [2.75, 3.05) is 18.8 Å². The molecule has 2 N–H and O–H groups in total. The molecule has 1 aliphatic rings. The number of fused-ring (bicyclic) bond motifs is 1. The number of ether oxygens (including phenoxy) is 1. The molecule has 1 aliphatic heterocycles. The second-order valence-electron chi connectivity index (χ2n) is 7.42. The Labute approximate surface area is 155 Å². The third kappa shape index (κ3) is 3.89. The zero-order valence-corrected chi connectivity index (χ0v) is 16.4. The first-order valence-electron chi connectivity index (χ1n) is 8.52. The summed E-state index contributed by atoms with van der Waals surface area (Å²) in [5.41, 5.74) is 7.40. The van der Waals surface area contributed by atoms with Gasteiger partial charge in [-0.2, -0.15) is 5.10 Å². The number of carbonyl (C=O) groups excluding carboxylic acids is 1. The van der Waals surface area contributed by atoms with Gasteiger partial charge in [0.2, 0.25) is 0 Å². The molecule has 8 heteroatoms. The highest BCUT2D eigenvalue weighted by atomic mass is 79.9. The van der Waals surface area contributed by atoms with Crippen molar-refractivity contribution in [1.29, 1.82) is 0 Å². The van der Waals surface area contributed by atoms with Crippen LogP contribution in [0.1, 0.15) is 51.6 Å². The average molecular weight is 410 g/mol. The van der Waals surface area contributed by atoms with E-state index in [0.717, 1.165) is 34.9 Å². The van der Waals surface area contributed by atoms with E-state index in [-0.39, 0.29) is 6.09 Å². The van der Waals surface area contributed by atoms with Crippen LogP contribution in [0.5, 0.6) is 0 Å². The van der Waals surface area contributed by atoms with Crippen LogP contribution in [0.3, 0.4) is 0 Å². The van der Waals surface area contributed by atoms with E-state index < -0.39 is 5.60 Å². The average Bonchev–Trinajstić information content (AvgIpc) is 2.70. The van der Waals surface area contributed by atoms with E-state index in [0.29, 0.717) is 24.8 Å². The molecule has 0 aliphatic carbocycles. The highest BCUT2D eigenvalue weighted by Gasteiger charge is 2.27. The van der Waals surface area contributed by atoms with Crippen LogP contribution in [-0.4, -0.2) is 44.3 Å². The van der Waals surface area contributed by atoms with Crippen molar-refractivity contribution in [3.05, 3.63) is 22.6 Å². The first-order chi connectivity index (χ1) is 11.8. The van der Waals surface area contributed by atoms with Crippen LogP contribution in [0, 0.1) is 0 Å². The largest absolute Gasteiger partial charge is 0.444 e. The predicted octanol–water partition coefficient (Wildman–Crippen LogP) is 3.58. The van der Waals surface area contributed by atoms with E-state index in [2.05, 4.69) is 32.1 Å². The number of carbonyl (C=O) groups is 1. The quantitative estimate of drug-likeness (QED) is 0.777. The van der Waals surface area contributed by atoms with Gasteiger partial charge in [0.15, 0.2) is 5.82 Å². The van der Waals surface area contributed by atoms with Gasteiger partial charge in [0, 0.05) is 29.2 Å². The summed E-state index contributed by atoms with van der Waals surface area (Å²) in [7, 11) is 0. The molecule has 0 aromatic carbocycles. The minimum Gasteiger partial charge on any atom is -0.444 e. The van der Waals surface area contributed by atoms with Crippen molar-refractivity contribution < 1.29 is 9.53 Å². The Morgan fingerprint density at radius 3 is 2.84 bits per heavy atom. The lowest BCUT2D eigenvalue weighted by molar-refractivity contribution is 0.0256. The maximum Gasteiger partial charge on any atom is 0.410 e. The summed E-state index contributed by atoms with van der Waals surface area (Å²) in [5, 5.41) is 4.36. The zero-order chi connectivity index (χ0) is 18.2. The Kier molecular flexibility index (Phi) is 4.90. The minimum atomic E-state index is -0.472. The Balaban J connectivity index is 1.78. The first kappa shape index (κ1) is 18.0. The van der Waals surface area contributed by atoms with E-state index in [4.69, 9.17) is 10.5 Å². The number of anilines is 1. The number of amides is 1. The normalized spacial score (nSPS) is 19.0. The molecule has 0 saturated carbocycles. The fourth-order valence-electron chi connectivity index (χ4n) is 3.24. The molecule has 2 aromatic heterocycles. The molecule has 2 aromatic rings. The smallest absolute Gasteiger partial charge is 0.410 e. The predicted molar refractivity (Wildman–Crippen MR) is 99.5 cm³/mol. The summed E-state index contributed by atoms with van der Waals surface area (Å²) in [5.74, 6) is 0.762. The number of nitrogens with two attached hydrogens (primary N) is 1. The van der Waals surface area contributed by atoms with Crippen molar-refractivity contribution in [1.82, 2.24) is 19.5 Å². The van der Waals surface area contributed by atoms with Gasteiger partial charge in [0.25, 0.3) is 0 Å². The number of rotatable bonds is 1. The number of nitrogens with zero attached hydrogens (tertiary/aromatic N) is 4. The van der Waals surface area contributed by atoms with Crippen molar-refractivity contribution in [2.24, 2.45) is 0 Å². The van der Waals surface area contributed by atoms with Crippen LogP contribution < -0.4 is 5.73 Å². The summed E-state index contributed by atoms with van der Waals surface area (Å²) >= 11 is 3.56. The van der Waals surface area contributed by atoms with Crippen molar-refractivity contribution >= 4 is 33.4 Å². The first-order valence-corrected chi connectivity index (χ1v) is 9.31. The van der Waals surface area contributed by atoms with E-state index in [1.54, 1.807) is 4.90 Å². The van der Waals surface area contributed by atoms with Gasteiger partial charge in [0.05, 0.1) is 0 Å². The van der Waals surface area contributed by atoms with Gasteiger partial charge >= 0.3 is 6.09 Å². The molecule has 1 amide bonds. The van der Waals surface area contributed by atoms with Crippen LogP contribution >= 0.6 is 15.9 Å². The highest BCUT2D eigenvalue weighted by Crippen LogP contribution is 2.34. The summed E-state index contributed by atoms with van der Waals surface area (Å²) in [6.45, 7) is 7.05. The van der Waals surface area contributed by atoms with Crippen molar-refractivity contribution in [2.45, 2.75) is 51.6 Å². The van der Waals surface area contributed by atoms with E-state index in [1.165, 1.54) is 6.33 Å². The molecule has 1 saturated heterocycles. The number of nitrogen functional groups attached to an aromatic ring is 1. The van der Waals surface area contributed by atoms with E-state index in [9.17, 15) is 4.79 Å². The van der Waals surface area contributed by atoms with Gasteiger partial charge in [-0.15, -0.1) is 0 Å². The number of halogens is 1. The van der Waals surface area contributed by atoms with Gasteiger partial charge in [-0.1, -0.05) is 0 Å². The number of aromatic nitrogens is 3. The van der Waals surface area contributed by atoms with Crippen LogP contribution in [-0.2, 0) is 4.74 Å². The molecule has 3 rings (SSSR count). The maximum atomic E-state index is 12.3. The molecule has 0 bridgehead atoms. The zero-order valence-electron chi connectivity index (χ0n) is 14.8. The highest BCUT2D eigenvalue weighted by molar-refractivity contribution is 9.10. The van der Waals surface area contributed by atoms with E-state index >= 15 is 0 Å². The molecule has 1 atom stereocenters. The minimum absolute atomic E-state index is 0.235. The third-order valence-corrected chi connectivity index (χ3v) is 4.97. The Morgan fingerprint density at radius 2 is 2.12 bits per heavy atom. The number of likely N-dealkylation sites (tertiary alicyclic amines) is 1. The molecular formula is C17H24BrN5O2. The van der Waals surface area contributed by atoms with Crippen molar-refractivity contribution in [3.63, 3.8) is 0 Å². The molecule has 3 heterocycles. The molecule has 1 fully saturated rings. The second kappa shape index (κ2) is 6.82. The van der Waals surface area contributed by atoms with Crippen LogP contribution in [0.15, 0.2) is 16.9 Å². The third-order valence-electron chi connectivity index (χ3n) is 4.36. The van der Waals surface area contributed by atoms with Gasteiger partial charge < -0.3 is 15.4 Å². The monoisotopic (exact) mass is 409 g/mol. The standard InChI is InChI=1S/C17H24BrN5O2/c1-17(2,3)25-16(24)22-7-4-5-11(6-8-22)13-9-12(18)14-15(19)20-10-21-23(13)14/h9-11H,4-8H2,1-3H3,(H2,19,20,21). The van der Waals surface area contributed by atoms with Crippen LogP contribution in [0.2, 0.25) is 0 Å². The summed E-state index contributed by atoms with van der Waals surface area (Å²) in [6.07, 6.45) is 4.02. The fraction of sp³-hybridized carbons (Fsp3) is 0.588. The summed E-state index contributed by atoms with van der Waals surface area (Å²) in [6, 6.07) is 2.06.